The minimum Gasteiger partial charge on any atom is -0.505 e. The normalized spacial score (nSPS) is 10.6. The molecule has 0 aliphatic carbocycles. The molecule has 1 aromatic heterocycles. The highest BCUT2D eigenvalue weighted by Crippen LogP contribution is 2.27. The first-order chi connectivity index (χ1) is 10.6. The predicted octanol–water partition coefficient (Wildman–Crippen LogP) is 3.68. The average Bonchev–Trinajstić information content (AvgIpc) is 2.53. The van der Waals surface area contributed by atoms with Crippen molar-refractivity contribution in [3.8, 4) is 22.6 Å². The minimum atomic E-state index is -0.350. The molecule has 0 aliphatic heterocycles. The third-order valence-electron chi connectivity index (χ3n) is 3.37. The Balaban J connectivity index is 2.28. The van der Waals surface area contributed by atoms with Gasteiger partial charge in [-0.25, -0.2) is 0 Å². The molecular formula is C17H13BrN2O2. The molecule has 3 aromatic rings. The van der Waals surface area contributed by atoms with E-state index in [0.717, 1.165) is 4.47 Å². The van der Waals surface area contributed by atoms with E-state index in [9.17, 15) is 9.90 Å². The van der Waals surface area contributed by atoms with Gasteiger partial charge in [0.05, 0.1) is 11.3 Å². The molecule has 0 radical (unpaired) electrons. The van der Waals surface area contributed by atoms with E-state index in [4.69, 9.17) is 0 Å². The topological polar surface area (TPSA) is 55.1 Å². The summed E-state index contributed by atoms with van der Waals surface area (Å²) in [6, 6.07) is 16.4. The number of hydrogen-bond donors (Lipinski definition) is 1. The number of aromatic hydroxyl groups is 1. The first kappa shape index (κ1) is 14.5. The second-order valence-electron chi connectivity index (χ2n) is 4.87. The number of aryl methyl sites for hydroxylation is 1. The molecular weight excluding hydrogens is 344 g/mol. The summed E-state index contributed by atoms with van der Waals surface area (Å²) in [6.45, 7) is 1.68. The molecule has 0 saturated heterocycles. The lowest BCUT2D eigenvalue weighted by Gasteiger charge is -2.11. The van der Waals surface area contributed by atoms with Gasteiger partial charge in [-0.05, 0) is 36.8 Å². The fraction of sp³-hybridized carbons (Fsp3) is 0.0588. The molecule has 1 heterocycles. The van der Waals surface area contributed by atoms with Crippen molar-refractivity contribution in [3.63, 3.8) is 0 Å². The summed E-state index contributed by atoms with van der Waals surface area (Å²) >= 11 is 3.37. The lowest BCUT2D eigenvalue weighted by molar-refractivity contribution is 0.463. The number of rotatable bonds is 2. The van der Waals surface area contributed by atoms with E-state index in [2.05, 4.69) is 21.0 Å². The van der Waals surface area contributed by atoms with Gasteiger partial charge in [0, 0.05) is 4.47 Å². The summed E-state index contributed by atoms with van der Waals surface area (Å²) in [5.41, 5.74) is 1.63. The number of aromatic nitrogens is 2. The minimum absolute atomic E-state index is 0.0791. The summed E-state index contributed by atoms with van der Waals surface area (Å²) in [4.78, 5) is 12.8. The van der Waals surface area contributed by atoms with Crippen LogP contribution in [0.1, 0.15) is 5.69 Å². The highest BCUT2D eigenvalue weighted by molar-refractivity contribution is 9.10. The second kappa shape index (κ2) is 5.77. The zero-order valence-corrected chi connectivity index (χ0v) is 13.4. The molecule has 1 N–H and O–H groups in total. The Kier molecular flexibility index (Phi) is 3.81. The van der Waals surface area contributed by atoms with Crippen LogP contribution in [0.15, 0.2) is 63.9 Å². The van der Waals surface area contributed by atoms with Gasteiger partial charge >= 0.3 is 0 Å². The van der Waals surface area contributed by atoms with Crippen molar-refractivity contribution in [1.82, 2.24) is 9.78 Å². The first-order valence-corrected chi connectivity index (χ1v) is 7.51. The Morgan fingerprint density at radius 2 is 1.68 bits per heavy atom. The van der Waals surface area contributed by atoms with E-state index in [1.54, 1.807) is 31.2 Å². The quantitative estimate of drug-likeness (QED) is 0.761. The summed E-state index contributed by atoms with van der Waals surface area (Å²) < 4.78 is 2.23. The third-order valence-corrected chi connectivity index (χ3v) is 3.90. The smallest absolute Gasteiger partial charge is 0.283 e. The molecule has 3 rings (SSSR count). The number of halogens is 1. The van der Waals surface area contributed by atoms with Gasteiger partial charge in [-0.3, -0.25) is 4.79 Å². The number of nitrogens with zero attached hydrogens (tertiary/aromatic N) is 2. The number of benzene rings is 2. The zero-order chi connectivity index (χ0) is 15.7. The predicted molar refractivity (Wildman–Crippen MR) is 89.4 cm³/mol. The Labute approximate surface area is 135 Å². The molecule has 0 bridgehead atoms. The summed E-state index contributed by atoms with van der Waals surface area (Å²) in [6.07, 6.45) is 0. The van der Waals surface area contributed by atoms with Crippen molar-refractivity contribution < 1.29 is 5.11 Å². The molecule has 0 fully saturated rings. The van der Waals surface area contributed by atoms with Crippen LogP contribution in [0.5, 0.6) is 5.75 Å². The van der Waals surface area contributed by atoms with Crippen LogP contribution in [-0.2, 0) is 0 Å². The Morgan fingerprint density at radius 3 is 2.32 bits per heavy atom. The van der Waals surface area contributed by atoms with Gasteiger partial charge in [0.1, 0.15) is 5.69 Å². The van der Waals surface area contributed by atoms with Crippen molar-refractivity contribution in [2.24, 2.45) is 0 Å². The Hall–Kier alpha value is -2.40. The van der Waals surface area contributed by atoms with Crippen LogP contribution < -0.4 is 5.56 Å². The highest BCUT2D eigenvalue weighted by Gasteiger charge is 2.16. The number of hydrogen-bond acceptors (Lipinski definition) is 3. The van der Waals surface area contributed by atoms with Crippen molar-refractivity contribution >= 4 is 15.9 Å². The third kappa shape index (κ3) is 2.55. The zero-order valence-electron chi connectivity index (χ0n) is 11.8. The van der Waals surface area contributed by atoms with E-state index in [1.807, 2.05) is 30.3 Å². The van der Waals surface area contributed by atoms with Crippen molar-refractivity contribution in [3.05, 3.63) is 75.1 Å². The van der Waals surface area contributed by atoms with Crippen molar-refractivity contribution in [1.29, 1.82) is 0 Å². The van der Waals surface area contributed by atoms with Gasteiger partial charge in [-0.2, -0.15) is 9.78 Å². The summed E-state index contributed by atoms with van der Waals surface area (Å²) in [5, 5.41) is 14.5. The van der Waals surface area contributed by atoms with E-state index >= 15 is 0 Å². The molecule has 2 aromatic carbocycles. The van der Waals surface area contributed by atoms with Gasteiger partial charge in [0.25, 0.3) is 5.56 Å². The highest BCUT2D eigenvalue weighted by atomic mass is 79.9. The van der Waals surface area contributed by atoms with E-state index in [-0.39, 0.29) is 16.9 Å². The summed E-state index contributed by atoms with van der Waals surface area (Å²) in [5.74, 6) is -0.0791. The summed E-state index contributed by atoms with van der Waals surface area (Å²) in [7, 11) is 0. The van der Waals surface area contributed by atoms with Gasteiger partial charge < -0.3 is 5.11 Å². The molecule has 5 heteroatoms. The van der Waals surface area contributed by atoms with E-state index in [1.165, 1.54) is 4.68 Å². The van der Waals surface area contributed by atoms with Crippen LogP contribution in [0.25, 0.3) is 16.8 Å². The molecule has 0 aliphatic rings. The lowest BCUT2D eigenvalue weighted by atomic mass is 10.1. The van der Waals surface area contributed by atoms with Crippen LogP contribution in [0.4, 0.5) is 0 Å². The molecule has 4 nitrogen and oxygen atoms in total. The molecule has 0 saturated carbocycles. The van der Waals surface area contributed by atoms with Crippen molar-refractivity contribution in [2.45, 2.75) is 6.92 Å². The SMILES string of the molecule is Cc1nn(-c2ccc(Br)cc2)c(=O)c(-c2ccccc2)c1O. The van der Waals surface area contributed by atoms with Crippen LogP contribution >= 0.6 is 15.9 Å². The fourth-order valence-electron chi connectivity index (χ4n) is 2.25. The van der Waals surface area contributed by atoms with Gasteiger partial charge in [0.2, 0.25) is 0 Å². The van der Waals surface area contributed by atoms with Crippen LogP contribution in [-0.4, -0.2) is 14.9 Å². The van der Waals surface area contributed by atoms with Gasteiger partial charge in [-0.1, -0.05) is 46.3 Å². The lowest BCUT2D eigenvalue weighted by Crippen LogP contribution is -2.23. The van der Waals surface area contributed by atoms with E-state index < -0.39 is 0 Å². The van der Waals surface area contributed by atoms with Crippen LogP contribution in [0.3, 0.4) is 0 Å². The molecule has 22 heavy (non-hydrogen) atoms. The van der Waals surface area contributed by atoms with Crippen LogP contribution in [0, 0.1) is 6.92 Å². The first-order valence-electron chi connectivity index (χ1n) is 6.72. The van der Waals surface area contributed by atoms with Crippen LogP contribution in [0.2, 0.25) is 0 Å². The molecule has 0 spiro atoms. The second-order valence-corrected chi connectivity index (χ2v) is 5.78. The maximum absolute atomic E-state index is 12.8. The monoisotopic (exact) mass is 356 g/mol. The molecule has 0 unspecified atom stereocenters. The Bertz CT molecular complexity index is 872. The van der Waals surface area contributed by atoms with Gasteiger partial charge in [0.15, 0.2) is 5.75 Å². The largest absolute Gasteiger partial charge is 0.505 e. The maximum atomic E-state index is 12.8. The van der Waals surface area contributed by atoms with E-state index in [0.29, 0.717) is 16.9 Å². The maximum Gasteiger partial charge on any atom is 0.283 e. The average molecular weight is 357 g/mol. The molecule has 0 amide bonds. The fourth-order valence-corrected chi connectivity index (χ4v) is 2.52. The van der Waals surface area contributed by atoms with Crippen molar-refractivity contribution in [2.75, 3.05) is 0 Å². The molecule has 0 atom stereocenters. The Morgan fingerprint density at radius 1 is 1.05 bits per heavy atom. The van der Waals surface area contributed by atoms with Gasteiger partial charge in [-0.15, -0.1) is 0 Å². The molecule has 110 valence electrons. The standard InChI is InChI=1S/C17H13BrN2O2/c1-11-16(21)15(12-5-3-2-4-6-12)17(22)20(19-11)14-9-7-13(18)8-10-14/h2-10,21H,1H3.